The molecule has 0 atom stereocenters. The molecule has 24 heavy (non-hydrogen) atoms. The number of H-pyrrole nitrogens is 1. The Kier molecular flexibility index (Phi) is 2.85. The Labute approximate surface area is 134 Å². The van der Waals surface area contributed by atoms with Gasteiger partial charge < -0.3 is 0 Å². The third-order valence-electron chi connectivity index (χ3n) is 4.30. The van der Waals surface area contributed by atoms with Gasteiger partial charge in [0, 0.05) is 10.8 Å². The number of aromatic nitrogens is 2. The number of nitrogens with zero attached hydrogens (tertiary/aromatic N) is 2. The highest BCUT2D eigenvalue weighted by Crippen LogP contribution is 2.32. The van der Waals surface area contributed by atoms with E-state index < -0.39 is 11.7 Å². The lowest BCUT2D eigenvalue weighted by atomic mass is 10.1. The van der Waals surface area contributed by atoms with Crippen LogP contribution in [0.4, 0.5) is 13.2 Å². The van der Waals surface area contributed by atoms with Crippen LogP contribution in [0.1, 0.15) is 11.1 Å². The number of nitrogens with one attached hydrogen (secondary N) is 1. The Morgan fingerprint density at radius 3 is 2.54 bits per heavy atom. The van der Waals surface area contributed by atoms with Crippen molar-refractivity contribution < 1.29 is 17.7 Å². The lowest BCUT2D eigenvalue weighted by molar-refractivity contribution is -0.619. The van der Waals surface area contributed by atoms with Gasteiger partial charge in [-0.1, -0.05) is 0 Å². The molecule has 2 heterocycles. The highest BCUT2D eigenvalue weighted by Gasteiger charge is 2.31. The number of pyridine rings is 1. The van der Waals surface area contributed by atoms with Gasteiger partial charge in [-0.2, -0.15) is 18.4 Å². The summed E-state index contributed by atoms with van der Waals surface area (Å²) >= 11 is 0. The smallest absolute Gasteiger partial charge is 0.240 e. The van der Waals surface area contributed by atoms with E-state index in [0.29, 0.717) is 16.5 Å². The minimum atomic E-state index is -4.38. The largest absolute Gasteiger partial charge is 0.416 e. The predicted molar refractivity (Wildman–Crippen MR) is 84.2 cm³/mol. The zero-order chi connectivity index (χ0) is 17.1. The standard InChI is InChI=1S/C18H10F3N3/c1-24-16-5-3-12(18(19,20)21)7-11(16)8-14-13-6-10(9-22)2-4-15(13)23-17(14)24/h2-8H,1H3/p+1. The van der Waals surface area contributed by atoms with E-state index in [4.69, 9.17) is 5.26 Å². The molecule has 2 aromatic carbocycles. The molecule has 6 heteroatoms. The number of hydrogen-bond donors (Lipinski definition) is 1. The topological polar surface area (TPSA) is 43.5 Å². The van der Waals surface area contributed by atoms with Gasteiger partial charge in [0.2, 0.25) is 0 Å². The molecule has 4 rings (SSSR count). The van der Waals surface area contributed by atoms with Crippen LogP contribution in [0.3, 0.4) is 0 Å². The van der Waals surface area contributed by atoms with E-state index in [-0.39, 0.29) is 0 Å². The summed E-state index contributed by atoms with van der Waals surface area (Å²) in [6.07, 6.45) is -4.38. The summed E-state index contributed by atoms with van der Waals surface area (Å²) in [6, 6.07) is 12.8. The zero-order valence-electron chi connectivity index (χ0n) is 12.6. The van der Waals surface area contributed by atoms with Crippen LogP contribution in [0.25, 0.3) is 32.8 Å². The van der Waals surface area contributed by atoms with Gasteiger partial charge in [-0.05, 0) is 42.5 Å². The number of fused-ring (bicyclic) bond motifs is 4. The molecule has 4 aromatic rings. The second-order valence-corrected chi connectivity index (χ2v) is 5.73. The van der Waals surface area contributed by atoms with Crippen molar-refractivity contribution in [3.05, 3.63) is 53.6 Å². The van der Waals surface area contributed by atoms with Crippen molar-refractivity contribution in [3.63, 3.8) is 0 Å². The molecule has 2 aromatic heterocycles. The summed E-state index contributed by atoms with van der Waals surface area (Å²) in [4.78, 5) is 3.27. The third-order valence-corrected chi connectivity index (χ3v) is 4.30. The monoisotopic (exact) mass is 326 g/mol. The van der Waals surface area contributed by atoms with Crippen molar-refractivity contribution in [1.29, 1.82) is 5.26 Å². The number of benzene rings is 2. The average molecular weight is 326 g/mol. The minimum Gasteiger partial charge on any atom is -0.240 e. The first-order chi connectivity index (χ1) is 11.4. The van der Waals surface area contributed by atoms with Crippen molar-refractivity contribution >= 4 is 32.8 Å². The van der Waals surface area contributed by atoms with E-state index in [2.05, 4.69) is 11.1 Å². The van der Waals surface area contributed by atoms with Gasteiger partial charge in [-0.3, -0.25) is 0 Å². The van der Waals surface area contributed by atoms with Crippen LogP contribution < -0.4 is 4.57 Å². The maximum atomic E-state index is 13.0. The highest BCUT2D eigenvalue weighted by atomic mass is 19.4. The predicted octanol–water partition coefficient (Wildman–Crippen LogP) is 4.19. The Morgan fingerprint density at radius 1 is 1.04 bits per heavy atom. The second-order valence-electron chi connectivity index (χ2n) is 5.73. The molecule has 0 aliphatic heterocycles. The fourth-order valence-electron chi connectivity index (χ4n) is 3.11. The van der Waals surface area contributed by atoms with Gasteiger partial charge in [0.25, 0.3) is 5.65 Å². The molecule has 0 fully saturated rings. The van der Waals surface area contributed by atoms with Gasteiger partial charge in [0.1, 0.15) is 11.0 Å². The van der Waals surface area contributed by atoms with Crippen LogP contribution in [0.5, 0.6) is 0 Å². The molecule has 3 nitrogen and oxygen atoms in total. The molecular weight excluding hydrogens is 315 g/mol. The lowest BCUT2D eigenvalue weighted by Gasteiger charge is -2.08. The molecule has 0 bridgehead atoms. The lowest BCUT2D eigenvalue weighted by Crippen LogP contribution is -2.30. The summed E-state index contributed by atoms with van der Waals surface area (Å²) < 4.78 is 40.7. The Hall–Kier alpha value is -3.07. The first-order valence-corrected chi connectivity index (χ1v) is 7.24. The average Bonchev–Trinajstić information content (AvgIpc) is 2.92. The molecule has 0 spiro atoms. The van der Waals surface area contributed by atoms with E-state index in [1.54, 1.807) is 31.3 Å². The maximum Gasteiger partial charge on any atom is 0.416 e. The van der Waals surface area contributed by atoms with E-state index in [0.717, 1.165) is 34.1 Å². The molecule has 0 amide bonds. The molecule has 118 valence electrons. The van der Waals surface area contributed by atoms with Crippen LogP contribution in [0, 0.1) is 11.3 Å². The second kappa shape index (κ2) is 4.71. The highest BCUT2D eigenvalue weighted by molar-refractivity contribution is 6.08. The molecule has 0 saturated carbocycles. The van der Waals surface area contributed by atoms with Crippen LogP contribution in [-0.4, -0.2) is 4.98 Å². The van der Waals surface area contributed by atoms with Crippen LogP contribution in [-0.2, 0) is 13.2 Å². The molecule has 0 aliphatic carbocycles. The summed E-state index contributed by atoms with van der Waals surface area (Å²) in [6.45, 7) is 0. The van der Waals surface area contributed by atoms with E-state index in [1.807, 2.05) is 4.57 Å². The number of nitriles is 1. The van der Waals surface area contributed by atoms with E-state index in [1.165, 1.54) is 6.07 Å². The van der Waals surface area contributed by atoms with Gasteiger partial charge in [-0.25, -0.2) is 9.55 Å². The number of alkyl halides is 3. The molecule has 0 aliphatic rings. The fourth-order valence-corrected chi connectivity index (χ4v) is 3.11. The number of halogens is 3. The van der Waals surface area contributed by atoms with Crippen LogP contribution >= 0.6 is 0 Å². The van der Waals surface area contributed by atoms with Crippen molar-refractivity contribution in [1.82, 2.24) is 4.98 Å². The van der Waals surface area contributed by atoms with Gasteiger partial charge >= 0.3 is 6.18 Å². The number of aryl methyl sites for hydroxylation is 1. The summed E-state index contributed by atoms with van der Waals surface area (Å²) in [7, 11) is 1.80. The van der Waals surface area contributed by atoms with E-state index in [9.17, 15) is 13.2 Å². The van der Waals surface area contributed by atoms with Crippen molar-refractivity contribution in [2.24, 2.45) is 7.05 Å². The van der Waals surface area contributed by atoms with Crippen LogP contribution in [0.15, 0.2) is 42.5 Å². The molecule has 1 N–H and O–H groups in total. The van der Waals surface area contributed by atoms with Crippen molar-refractivity contribution in [2.45, 2.75) is 6.18 Å². The van der Waals surface area contributed by atoms with Gasteiger partial charge in [-0.15, -0.1) is 0 Å². The molecule has 0 radical (unpaired) electrons. The Balaban J connectivity index is 2.13. The molecule has 0 saturated heterocycles. The van der Waals surface area contributed by atoms with Gasteiger partial charge in [0.15, 0.2) is 0 Å². The van der Waals surface area contributed by atoms with Crippen molar-refractivity contribution in [2.75, 3.05) is 0 Å². The SMILES string of the molecule is C[n+]1c2ccc(C(F)(F)F)cc2cc2c3cc(C#N)ccc3[nH]c21. The third kappa shape index (κ3) is 2.02. The number of hydrogen-bond acceptors (Lipinski definition) is 1. The van der Waals surface area contributed by atoms with Gasteiger partial charge in [0.05, 0.1) is 29.6 Å². The first kappa shape index (κ1) is 14.5. The van der Waals surface area contributed by atoms with Crippen molar-refractivity contribution in [3.8, 4) is 6.07 Å². The van der Waals surface area contributed by atoms with E-state index >= 15 is 0 Å². The molecule has 0 unspecified atom stereocenters. The van der Waals surface area contributed by atoms with Crippen LogP contribution in [0.2, 0.25) is 0 Å². The summed E-state index contributed by atoms with van der Waals surface area (Å²) in [5.74, 6) is 0. The zero-order valence-corrected chi connectivity index (χ0v) is 12.6. The normalized spacial score (nSPS) is 12.1. The summed E-state index contributed by atoms with van der Waals surface area (Å²) in [5.41, 5.74) is 2.17. The summed E-state index contributed by atoms with van der Waals surface area (Å²) in [5, 5.41) is 11.2. The quantitative estimate of drug-likeness (QED) is 0.484. The number of aromatic amines is 1. The minimum absolute atomic E-state index is 0.503. The molecular formula is C18H11F3N3+. The number of rotatable bonds is 0. The Bertz CT molecular complexity index is 1160. The Morgan fingerprint density at radius 2 is 1.83 bits per heavy atom. The maximum absolute atomic E-state index is 13.0. The fraction of sp³-hybridized carbons (Fsp3) is 0.111. The first-order valence-electron chi connectivity index (χ1n) is 7.24.